The van der Waals surface area contributed by atoms with Crippen LogP contribution in [0.25, 0.3) is 0 Å². The zero-order chi connectivity index (χ0) is 12.8. The SMILES string of the molecule is CC(C)OC(=O)CNC(=O)c1cccc(Cl)c1. The molecule has 0 spiro atoms. The molecule has 1 aromatic rings. The molecule has 0 radical (unpaired) electrons. The lowest BCUT2D eigenvalue weighted by molar-refractivity contribution is -0.146. The van der Waals surface area contributed by atoms with Gasteiger partial charge in [0.15, 0.2) is 0 Å². The van der Waals surface area contributed by atoms with Crippen molar-refractivity contribution in [2.24, 2.45) is 0 Å². The Morgan fingerprint density at radius 3 is 2.71 bits per heavy atom. The van der Waals surface area contributed by atoms with E-state index in [1.807, 2.05) is 0 Å². The fraction of sp³-hybridized carbons (Fsp3) is 0.333. The molecule has 1 amide bonds. The third kappa shape index (κ3) is 4.87. The minimum atomic E-state index is -0.463. The van der Waals surface area contributed by atoms with Gasteiger partial charge < -0.3 is 10.1 Å². The first-order valence-electron chi connectivity index (χ1n) is 5.22. The van der Waals surface area contributed by atoms with E-state index in [0.29, 0.717) is 10.6 Å². The molecule has 17 heavy (non-hydrogen) atoms. The Morgan fingerprint density at radius 1 is 1.41 bits per heavy atom. The van der Waals surface area contributed by atoms with Gasteiger partial charge in [-0.05, 0) is 32.0 Å². The third-order valence-corrected chi connectivity index (χ3v) is 2.08. The quantitative estimate of drug-likeness (QED) is 0.838. The number of hydrogen-bond donors (Lipinski definition) is 1. The van der Waals surface area contributed by atoms with Gasteiger partial charge in [-0.25, -0.2) is 0 Å². The summed E-state index contributed by atoms with van der Waals surface area (Å²) in [5.74, 6) is -0.816. The van der Waals surface area contributed by atoms with Crippen LogP contribution >= 0.6 is 11.6 Å². The van der Waals surface area contributed by atoms with E-state index < -0.39 is 5.97 Å². The highest BCUT2D eigenvalue weighted by Gasteiger charge is 2.09. The summed E-state index contributed by atoms with van der Waals surface area (Å²) in [4.78, 5) is 22.8. The number of carbonyl (C=O) groups excluding carboxylic acids is 2. The lowest BCUT2D eigenvalue weighted by Crippen LogP contribution is -2.31. The fourth-order valence-corrected chi connectivity index (χ4v) is 1.38. The zero-order valence-corrected chi connectivity index (χ0v) is 10.5. The molecule has 0 bridgehead atoms. The smallest absolute Gasteiger partial charge is 0.325 e. The van der Waals surface area contributed by atoms with Crippen LogP contribution in [0.5, 0.6) is 0 Å². The first kappa shape index (κ1) is 13.5. The summed E-state index contributed by atoms with van der Waals surface area (Å²) in [5, 5.41) is 2.93. The molecule has 0 aliphatic heterocycles. The van der Waals surface area contributed by atoms with Gasteiger partial charge in [0, 0.05) is 10.6 Å². The van der Waals surface area contributed by atoms with Gasteiger partial charge in [-0.3, -0.25) is 9.59 Å². The lowest BCUT2D eigenvalue weighted by atomic mass is 10.2. The molecule has 0 heterocycles. The summed E-state index contributed by atoms with van der Waals surface area (Å²) in [6, 6.07) is 6.49. The van der Waals surface area contributed by atoms with Crippen LogP contribution in [0.1, 0.15) is 24.2 Å². The number of rotatable bonds is 4. The van der Waals surface area contributed by atoms with Crippen LogP contribution in [-0.4, -0.2) is 24.5 Å². The predicted molar refractivity (Wildman–Crippen MR) is 65.0 cm³/mol. The molecular formula is C12H14ClNO3. The molecule has 0 atom stereocenters. The lowest BCUT2D eigenvalue weighted by Gasteiger charge is -2.08. The van der Waals surface area contributed by atoms with Crippen molar-refractivity contribution in [1.82, 2.24) is 5.32 Å². The molecule has 0 aliphatic rings. The molecule has 1 aromatic carbocycles. The standard InChI is InChI=1S/C12H14ClNO3/c1-8(2)17-11(15)7-14-12(16)9-4-3-5-10(13)6-9/h3-6,8H,7H2,1-2H3,(H,14,16). The topological polar surface area (TPSA) is 55.4 Å². The monoisotopic (exact) mass is 255 g/mol. The normalized spacial score (nSPS) is 10.1. The number of benzene rings is 1. The number of halogens is 1. The van der Waals surface area contributed by atoms with Gasteiger partial charge >= 0.3 is 5.97 Å². The van der Waals surface area contributed by atoms with Crippen LogP contribution in [0.2, 0.25) is 5.02 Å². The Balaban J connectivity index is 2.48. The maximum absolute atomic E-state index is 11.6. The van der Waals surface area contributed by atoms with Crippen LogP contribution in [0.4, 0.5) is 0 Å². The van der Waals surface area contributed by atoms with Gasteiger partial charge in [0.05, 0.1) is 6.10 Å². The number of ether oxygens (including phenoxy) is 1. The molecule has 5 heteroatoms. The molecule has 0 aliphatic carbocycles. The third-order valence-electron chi connectivity index (χ3n) is 1.85. The highest BCUT2D eigenvalue weighted by Crippen LogP contribution is 2.10. The second-order valence-electron chi connectivity index (χ2n) is 3.73. The van der Waals surface area contributed by atoms with Crippen molar-refractivity contribution in [3.05, 3.63) is 34.9 Å². The average molecular weight is 256 g/mol. The fourth-order valence-electron chi connectivity index (χ4n) is 1.19. The zero-order valence-electron chi connectivity index (χ0n) is 9.70. The highest BCUT2D eigenvalue weighted by molar-refractivity contribution is 6.30. The number of hydrogen-bond acceptors (Lipinski definition) is 3. The Morgan fingerprint density at radius 2 is 2.12 bits per heavy atom. The van der Waals surface area contributed by atoms with Crippen LogP contribution in [0.3, 0.4) is 0 Å². The Hall–Kier alpha value is -1.55. The number of esters is 1. The van der Waals surface area contributed by atoms with Gasteiger partial charge in [0.2, 0.25) is 0 Å². The Bertz CT molecular complexity index is 418. The minimum absolute atomic E-state index is 0.149. The van der Waals surface area contributed by atoms with E-state index in [-0.39, 0.29) is 18.6 Å². The Kier molecular flexibility index (Phi) is 4.97. The second kappa shape index (κ2) is 6.25. The molecule has 0 saturated heterocycles. The van der Waals surface area contributed by atoms with Gasteiger partial charge in [0.1, 0.15) is 6.54 Å². The number of carbonyl (C=O) groups is 2. The molecule has 1 rings (SSSR count). The summed E-state index contributed by atoms with van der Waals surface area (Å²) in [6.45, 7) is 3.34. The molecule has 0 aromatic heterocycles. The first-order chi connectivity index (χ1) is 7.99. The van der Waals surface area contributed by atoms with Crippen molar-refractivity contribution in [2.45, 2.75) is 20.0 Å². The summed E-state index contributed by atoms with van der Waals surface area (Å²) in [7, 11) is 0. The Labute approximate surface area is 105 Å². The van der Waals surface area contributed by atoms with Gasteiger partial charge in [-0.15, -0.1) is 0 Å². The number of nitrogens with one attached hydrogen (secondary N) is 1. The van der Waals surface area contributed by atoms with E-state index in [2.05, 4.69) is 5.32 Å². The average Bonchev–Trinajstić information content (AvgIpc) is 2.25. The van der Waals surface area contributed by atoms with Crippen molar-refractivity contribution in [3.8, 4) is 0 Å². The molecule has 0 unspecified atom stereocenters. The summed E-state index contributed by atoms with van der Waals surface area (Å²) < 4.78 is 4.88. The maximum atomic E-state index is 11.6. The van der Waals surface area contributed by atoms with Crippen LogP contribution in [-0.2, 0) is 9.53 Å². The molecule has 92 valence electrons. The number of amides is 1. The van der Waals surface area contributed by atoms with E-state index in [9.17, 15) is 9.59 Å². The van der Waals surface area contributed by atoms with Crippen LogP contribution in [0.15, 0.2) is 24.3 Å². The summed E-state index contributed by atoms with van der Waals surface area (Å²) in [5.41, 5.74) is 0.412. The van der Waals surface area contributed by atoms with Crippen LogP contribution < -0.4 is 5.32 Å². The molecule has 0 fully saturated rings. The first-order valence-corrected chi connectivity index (χ1v) is 5.60. The van der Waals surface area contributed by atoms with E-state index in [0.717, 1.165) is 0 Å². The maximum Gasteiger partial charge on any atom is 0.325 e. The van der Waals surface area contributed by atoms with Crippen molar-refractivity contribution < 1.29 is 14.3 Å². The molecule has 1 N–H and O–H groups in total. The van der Waals surface area contributed by atoms with Crippen molar-refractivity contribution >= 4 is 23.5 Å². The summed E-state index contributed by atoms with van der Waals surface area (Å²) in [6.07, 6.45) is -0.189. The molecule has 4 nitrogen and oxygen atoms in total. The van der Waals surface area contributed by atoms with E-state index in [1.54, 1.807) is 32.0 Å². The van der Waals surface area contributed by atoms with E-state index >= 15 is 0 Å². The minimum Gasteiger partial charge on any atom is -0.462 e. The van der Waals surface area contributed by atoms with Gasteiger partial charge in [-0.2, -0.15) is 0 Å². The van der Waals surface area contributed by atoms with Crippen molar-refractivity contribution in [1.29, 1.82) is 0 Å². The second-order valence-corrected chi connectivity index (χ2v) is 4.17. The van der Waals surface area contributed by atoms with Crippen molar-refractivity contribution in [3.63, 3.8) is 0 Å². The molecule has 0 saturated carbocycles. The largest absolute Gasteiger partial charge is 0.462 e. The van der Waals surface area contributed by atoms with E-state index in [4.69, 9.17) is 16.3 Å². The van der Waals surface area contributed by atoms with Gasteiger partial charge in [0.25, 0.3) is 5.91 Å². The highest BCUT2D eigenvalue weighted by atomic mass is 35.5. The summed E-state index contributed by atoms with van der Waals surface area (Å²) >= 11 is 5.75. The van der Waals surface area contributed by atoms with Gasteiger partial charge in [-0.1, -0.05) is 17.7 Å². The van der Waals surface area contributed by atoms with Crippen molar-refractivity contribution in [2.75, 3.05) is 6.54 Å². The van der Waals surface area contributed by atoms with E-state index in [1.165, 1.54) is 6.07 Å². The predicted octanol–water partition coefficient (Wildman–Crippen LogP) is 2.02. The molecular weight excluding hydrogens is 242 g/mol. The van der Waals surface area contributed by atoms with Crippen LogP contribution in [0, 0.1) is 0 Å².